The van der Waals surface area contributed by atoms with Crippen LogP contribution < -0.4 is 0 Å². The van der Waals surface area contributed by atoms with Crippen molar-refractivity contribution in [2.45, 2.75) is 26.3 Å². The number of aliphatic imine (C=N–C) groups is 1. The summed E-state index contributed by atoms with van der Waals surface area (Å²) in [6.45, 7) is 4.17. The first-order valence-corrected chi connectivity index (χ1v) is 5.61. The molecule has 16 heavy (non-hydrogen) atoms. The van der Waals surface area contributed by atoms with E-state index in [0.29, 0.717) is 11.5 Å². The largest absolute Gasteiger partial charge is 0.507 e. The molecule has 1 aromatic carbocycles. The number of para-hydroxylation sites is 1. The fraction of sp³-hybridized carbons (Fsp3) is 0.462. The topological polar surface area (TPSA) is 52.8 Å². The van der Waals surface area contributed by atoms with Crippen LogP contribution in [0.25, 0.3) is 0 Å². The zero-order valence-corrected chi connectivity index (χ0v) is 9.80. The smallest absolute Gasteiger partial charge is 0.124 e. The summed E-state index contributed by atoms with van der Waals surface area (Å²) in [6, 6.07) is 6.94. The molecule has 0 fully saturated rings. The van der Waals surface area contributed by atoms with Crippen molar-refractivity contribution in [3.8, 4) is 5.75 Å². The van der Waals surface area contributed by atoms with E-state index < -0.39 is 0 Å². The molecule has 0 aromatic heterocycles. The van der Waals surface area contributed by atoms with Gasteiger partial charge in [0.2, 0.25) is 0 Å². The predicted molar refractivity (Wildman–Crippen MR) is 66.0 cm³/mol. The van der Waals surface area contributed by atoms with Crippen LogP contribution in [-0.2, 0) is 0 Å². The minimum atomic E-state index is -0.0930. The number of hydrogen-bond acceptors (Lipinski definition) is 3. The molecule has 1 rings (SSSR count). The molecule has 0 saturated carbocycles. The zero-order valence-electron chi connectivity index (χ0n) is 9.80. The van der Waals surface area contributed by atoms with Gasteiger partial charge < -0.3 is 10.2 Å². The molecule has 2 atom stereocenters. The van der Waals surface area contributed by atoms with Gasteiger partial charge in [0, 0.05) is 11.8 Å². The number of phenols is 1. The number of aliphatic hydroxyl groups excluding tert-OH is 1. The average molecular weight is 221 g/mol. The SMILES string of the molecule is CCC(C)C(CO)N=Cc1ccccc1O. The lowest BCUT2D eigenvalue weighted by Crippen LogP contribution is -2.19. The van der Waals surface area contributed by atoms with Gasteiger partial charge in [-0.05, 0) is 18.1 Å². The summed E-state index contributed by atoms with van der Waals surface area (Å²) in [6.07, 6.45) is 2.60. The van der Waals surface area contributed by atoms with Gasteiger partial charge in [-0.3, -0.25) is 4.99 Å². The van der Waals surface area contributed by atoms with Crippen molar-refractivity contribution in [1.29, 1.82) is 0 Å². The first-order chi connectivity index (χ1) is 7.69. The summed E-state index contributed by atoms with van der Waals surface area (Å²) in [5, 5.41) is 18.7. The standard InChI is InChI=1S/C13H19NO2/c1-3-10(2)12(9-15)14-8-11-6-4-5-7-13(11)16/h4-8,10,12,15-16H,3,9H2,1-2H3. The summed E-state index contributed by atoms with van der Waals surface area (Å²) in [5.41, 5.74) is 0.684. The van der Waals surface area contributed by atoms with Crippen LogP contribution in [0.1, 0.15) is 25.8 Å². The van der Waals surface area contributed by atoms with Crippen LogP contribution in [0.15, 0.2) is 29.3 Å². The Balaban J connectivity index is 2.75. The maximum atomic E-state index is 9.54. The molecule has 2 N–H and O–H groups in total. The molecule has 3 heteroatoms. The van der Waals surface area contributed by atoms with E-state index in [2.05, 4.69) is 18.8 Å². The third kappa shape index (κ3) is 3.35. The summed E-state index contributed by atoms with van der Waals surface area (Å²) in [5.74, 6) is 0.555. The number of hydrogen-bond donors (Lipinski definition) is 2. The minimum absolute atomic E-state index is 0.0408. The second-order valence-electron chi connectivity index (χ2n) is 3.97. The molecule has 0 bridgehead atoms. The van der Waals surface area contributed by atoms with Gasteiger partial charge in [0.15, 0.2) is 0 Å². The highest BCUT2D eigenvalue weighted by Crippen LogP contribution is 2.15. The molecule has 0 heterocycles. The quantitative estimate of drug-likeness (QED) is 0.749. The Morgan fingerprint density at radius 3 is 2.62 bits per heavy atom. The highest BCUT2D eigenvalue weighted by Gasteiger charge is 2.12. The lowest BCUT2D eigenvalue weighted by Gasteiger charge is -2.15. The average Bonchev–Trinajstić information content (AvgIpc) is 2.31. The van der Waals surface area contributed by atoms with Crippen LogP contribution in [-0.4, -0.2) is 29.1 Å². The van der Waals surface area contributed by atoms with Crippen LogP contribution in [0.2, 0.25) is 0 Å². The van der Waals surface area contributed by atoms with Crippen LogP contribution in [0.4, 0.5) is 0 Å². The fourth-order valence-electron chi connectivity index (χ4n) is 1.42. The number of aliphatic hydroxyl groups is 1. The Morgan fingerprint density at radius 2 is 2.06 bits per heavy atom. The van der Waals surface area contributed by atoms with E-state index in [0.717, 1.165) is 6.42 Å². The van der Waals surface area contributed by atoms with Crippen molar-refractivity contribution < 1.29 is 10.2 Å². The van der Waals surface area contributed by atoms with Crippen LogP contribution >= 0.6 is 0 Å². The maximum Gasteiger partial charge on any atom is 0.124 e. The number of rotatable bonds is 5. The summed E-state index contributed by atoms with van der Waals surface area (Å²) in [4.78, 5) is 4.31. The van der Waals surface area contributed by atoms with Gasteiger partial charge in [0.25, 0.3) is 0 Å². The maximum absolute atomic E-state index is 9.54. The molecule has 2 unspecified atom stereocenters. The zero-order chi connectivity index (χ0) is 12.0. The Morgan fingerprint density at radius 1 is 1.38 bits per heavy atom. The van der Waals surface area contributed by atoms with Crippen molar-refractivity contribution in [3.63, 3.8) is 0 Å². The van der Waals surface area contributed by atoms with Gasteiger partial charge in [0.05, 0.1) is 12.6 Å². The number of aromatic hydroxyl groups is 1. The summed E-state index contributed by atoms with van der Waals surface area (Å²) in [7, 11) is 0. The van der Waals surface area contributed by atoms with E-state index in [9.17, 15) is 10.2 Å². The van der Waals surface area contributed by atoms with Gasteiger partial charge in [-0.2, -0.15) is 0 Å². The molecular weight excluding hydrogens is 202 g/mol. The van der Waals surface area contributed by atoms with Gasteiger partial charge in [-0.1, -0.05) is 32.4 Å². The monoisotopic (exact) mass is 221 g/mol. The third-order valence-electron chi connectivity index (χ3n) is 2.83. The highest BCUT2D eigenvalue weighted by atomic mass is 16.3. The second-order valence-corrected chi connectivity index (χ2v) is 3.97. The van der Waals surface area contributed by atoms with Gasteiger partial charge in [-0.25, -0.2) is 0 Å². The number of benzene rings is 1. The number of phenolic OH excluding ortho intramolecular Hbond substituents is 1. The Hall–Kier alpha value is -1.35. The molecule has 1 aromatic rings. The van der Waals surface area contributed by atoms with E-state index in [4.69, 9.17) is 0 Å². The van der Waals surface area contributed by atoms with Crippen molar-refractivity contribution in [3.05, 3.63) is 29.8 Å². The molecular formula is C13H19NO2. The molecule has 0 spiro atoms. The molecule has 0 aliphatic carbocycles. The molecule has 0 aliphatic rings. The summed E-state index contributed by atoms with van der Waals surface area (Å²) >= 11 is 0. The first-order valence-electron chi connectivity index (χ1n) is 5.61. The van der Waals surface area contributed by atoms with E-state index >= 15 is 0 Å². The Kier molecular flexibility index (Phi) is 4.99. The van der Waals surface area contributed by atoms with E-state index in [-0.39, 0.29) is 18.4 Å². The lowest BCUT2D eigenvalue weighted by atomic mass is 10.0. The van der Waals surface area contributed by atoms with Crippen LogP contribution in [0.5, 0.6) is 5.75 Å². The fourth-order valence-corrected chi connectivity index (χ4v) is 1.42. The van der Waals surface area contributed by atoms with E-state index in [1.165, 1.54) is 0 Å². The summed E-state index contributed by atoms with van der Waals surface area (Å²) < 4.78 is 0. The van der Waals surface area contributed by atoms with Crippen molar-refractivity contribution in [2.75, 3.05) is 6.61 Å². The highest BCUT2D eigenvalue weighted by molar-refractivity contribution is 5.83. The van der Waals surface area contributed by atoms with Crippen molar-refractivity contribution in [2.24, 2.45) is 10.9 Å². The molecule has 0 radical (unpaired) electrons. The molecule has 0 amide bonds. The predicted octanol–water partition coefficient (Wildman–Crippen LogP) is 2.22. The first kappa shape index (κ1) is 12.7. The normalized spacial score (nSPS) is 15.2. The van der Waals surface area contributed by atoms with Crippen molar-refractivity contribution >= 4 is 6.21 Å². The van der Waals surface area contributed by atoms with Gasteiger partial charge >= 0.3 is 0 Å². The van der Waals surface area contributed by atoms with Gasteiger partial charge in [-0.15, -0.1) is 0 Å². The Labute approximate surface area is 96.5 Å². The van der Waals surface area contributed by atoms with E-state index in [1.807, 2.05) is 6.07 Å². The van der Waals surface area contributed by atoms with Gasteiger partial charge in [0.1, 0.15) is 5.75 Å². The molecule has 3 nitrogen and oxygen atoms in total. The molecule has 88 valence electrons. The minimum Gasteiger partial charge on any atom is -0.507 e. The van der Waals surface area contributed by atoms with Crippen LogP contribution in [0.3, 0.4) is 0 Å². The van der Waals surface area contributed by atoms with Crippen LogP contribution in [0, 0.1) is 5.92 Å². The lowest BCUT2D eigenvalue weighted by molar-refractivity contribution is 0.232. The van der Waals surface area contributed by atoms with E-state index in [1.54, 1.807) is 24.4 Å². The second kappa shape index (κ2) is 6.28. The third-order valence-corrected chi connectivity index (χ3v) is 2.83. The van der Waals surface area contributed by atoms with Crippen molar-refractivity contribution in [1.82, 2.24) is 0 Å². The number of nitrogens with zero attached hydrogens (tertiary/aromatic N) is 1. The Bertz CT molecular complexity index is 350. The molecule has 0 aliphatic heterocycles. The molecule has 0 saturated heterocycles.